The first-order valence-electron chi connectivity index (χ1n) is 7.67. The topological polar surface area (TPSA) is 103 Å². The van der Waals surface area contributed by atoms with Crippen LogP contribution in [-0.4, -0.2) is 27.7 Å². The first kappa shape index (κ1) is 20.0. The molecule has 0 radical (unpaired) electrons. The highest BCUT2D eigenvalue weighted by Gasteiger charge is 2.12. The zero-order valence-electron chi connectivity index (χ0n) is 14.6. The van der Waals surface area contributed by atoms with Gasteiger partial charge in [-0.2, -0.15) is 0 Å². The van der Waals surface area contributed by atoms with Crippen LogP contribution in [0.5, 0.6) is 11.5 Å². The van der Waals surface area contributed by atoms with Gasteiger partial charge in [-0.05, 0) is 61.1 Å². The predicted molar refractivity (Wildman–Crippen MR) is 105 cm³/mol. The van der Waals surface area contributed by atoms with Crippen LogP contribution in [0.3, 0.4) is 0 Å². The van der Waals surface area contributed by atoms with Gasteiger partial charge in [0.1, 0.15) is 0 Å². The molecule has 2 rings (SSSR count). The number of primary sulfonamides is 1. The molecule has 0 amide bonds. The Kier molecular flexibility index (Phi) is 6.41. The van der Waals surface area contributed by atoms with E-state index < -0.39 is 10.0 Å². The molecule has 1 atom stereocenters. The Morgan fingerprint density at radius 3 is 2.23 bits per heavy atom. The van der Waals surface area contributed by atoms with Crippen molar-refractivity contribution in [2.45, 2.75) is 17.9 Å². The van der Waals surface area contributed by atoms with Crippen molar-refractivity contribution in [1.82, 2.24) is 5.32 Å². The number of hydrogen-bond acceptors (Lipinski definition) is 5. The maximum absolute atomic E-state index is 11.3. The molecule has 9 heteroatoms. The third-order valence-corrected chi connectivity index (χ3v) is 4.85. The van der Waals surface area contributed by atoms with Gasteiger partial charge in [-0.1, -0.05) is 6.07 Å². The highest BCUT2D eigenvalue weighted by Crippen LogP contribution is 2.29. The minimum Gasteiger partial charge on any atom is -0.493 e. The molecule has 0 heterocycles. The smallest absolute Gasteiger partial charge is 0.238 e. The van der Waals surface area contributed by atoms with E-state index >= 15 is 0 Å². The maximum atomic E-state index is 11.3. The summed E-state index contributed by atoms with van der Waals surface area (Å²) in [5.41, 5.74) is 1.62. The zero-order valence-corrected chi connectivity index (χ0v) is 16.3. The molecule has 0 saturated carbocycles. The van der Waals surface area contributed by atoms with Crippen LogP contribution in [0.15, 0.2) is 47.4 Å². The van der Waals surface area contributed by atoms with Crippen LogP contribution in [0.1, 0.15) is 18.5 Å². The minimum atomic E-state index is -3.71. The van der Waals surface area contributed by atoms with E-state index in [1.54, 1.807) is 26.4 Å². The van der Waals surface area contributed by atoms with Gasteiger partial charge in [0.25, 0.3) is 0 Å². The van der Waals surface area contributed by atoms with Crippen LogP contribution in [0.4, 0.5) is 5.69 Å². The number of hydrogen-bond donors (Lipinski definition) is 3. The summed E-state index contributed by atoms with van der Waals surface area (Å²) in [5.74, 6) is 1.29. The number of thiocarbonyl (C=S) groups is 1. The van der Waals surface area contributed by atoms with Crippen LogP contribution >= 0.6 is 12.2 Å². The quantitative estimate of drug-likeness (QED) is 0.645. The number of rotatable bonds is 6. The molecule has 0 aliphatic heterocycles. The summed E-state index contributed by atoms with van der Waals surface area (Å²) < 4.78 is 33.1. The van der Waals surface area contributed by atoms with E-state index in [-0.39, 0.29) is 10.9 Å². The van der Waals surface area contributed by atoms with Gasteiger partial charge in [0.15, 0.2) is 16.6 Å². The number of methoxy groups -OCH3 is 2. The highest BCUT2D eigenvalue weighted by atomic mass is 32.2. The standard InChI is InChI=1S/C17H21N3O4S2/c1-11(12-4-9-15(23-2)16(10-12)24-3)19-17(25)20-13-5-7-14(8-6-13)26(18,21)22/h4-11H,1-3H3,(H2,18,21,22)(H2,19,20,25). The molecule has 140 valence electrons. The van der Waals surface area contributed by atoms with E-state index in [1.165, 1.54) is 12.1 Å². The molecular formula is C17H21N3O4S2. The van der Waals surface area contributed by atoms with Gasteiger partial charge in [-0.15, -0.1) is 0 Å². The molecule has 0 bridgehead atoms. The maximum Gasteiger partial charge on any atom is 0.238 e. The molecule has 0 aliphatic rings. The number of anilines is 1. The minimum absolute atomic E-state index is 0.0422. The lowest BCUT2D eigenvalue weighted by Gasteiger charge is -2.19. The van der Waals surface area contributed by atoms with E-state index in [0.717, 1.165) is 5.56 Å². The van der Waals surface area contributed by atoms with E-state index in [1.807, 2.05) is 25.1 Å². The molecule has 26 heavy (non-hydrogen) atoms. The Balaban J connectivity index is 2.03. The molecule has 0 spiro atoms. The Morgan fingerprint density at radius 2 is 1.69 bits per heavy atom. The van der Waals surface area contributed by atoms with E-state index in [4.69, 9.17) is 26.8 Å². The monoisotopic (exact) mass is 395 g/mol. The molecule has 2 aromatic rings. The molecule has 0 fully saturated rings. The summed E-state index contributed by atoms with van der Waals surface area (Å²) >= 11 is 5.31. The highest BCUT2D eigenvalue weighted by molar-refractivity contribution is 7.89. The first-order chi connectivity index (χ1) is 12.2. The molecule has 0 saturated heterocycles. The molecule has 4 N–H and O–H groups in total. The van der Waals surface area contributed by atoms with Gasteiger partial charge in [0.05, 0.1) is 25.2 Å². The van der Waals surface area contributed by atoms with Crippen molar-refractivity contribution < 1.29 is 17.9 Å². The second kappa shape index (κ2) is 8.35. The summed E-state index contributed by atoms with van der Waals surface area (Å²) in [7, 11) is -0.551. The summed E-state index contributed by atoms with van der Waals surface area (Å²) in [6.45, 7) is 1.96. The summed E-state index contributed by atoms with van der Waals surface area (Å²) in [4.78, 5) is 0.0422. The van der Waals surface area contributed by atoms with Crippen LogP contribution in [0, 0.1) is 0 Å². The number of nitrogens with one attached hydrogen (secondary N) is 2. The zero-order chi connectivity index (χ0) is 19.3. The van der Waals surface area contributed by atoms with Crippen molar-refractivity contribution in [3.8, 4) is 11.5 Å². The molecule has 0 aliphatic carbocycles. The van der Waals surface area contributed by atoms with Crippen LogP contribution in [0.2, 0.25) is 0 Å². The molecular weight excluding hydrogens is 374 g/mol. The van der Waals surface area contributed by atoms with Gasteiger partial charge in [-0.3, -0.25) is 0 Å². The van der Waals surface area contributed by atoms with Crippen molar-refractivity contribution >= 4 is 33.0 Å². The van der Waals surface area contributed by atoms with Crippen LogP contribution in [0.25, 0.3) is 0 Å². The average molecular weight is 396 g/mol. The summed E-state index contributed by atoms with van der Waals surface area (Å²) in [5, 5.41) is 11.6. The lowest BCUT2D eigenvalue weighted by atomic mass is 10.1. The number of nitrogens with two attached hydrogens (primary N) is 1. The normalized spacial score (nSPS) is 12.2. The van der Waals surface area contributed by atoms with Crippen molar-refractivity contribution in [2.75, 3.05) is 19.5 Å². The van der Waals surface area contributed by atoms with Gasteiger partial charge in [0, 0.05) is 5.69 Å². The summed E-state index contributed by atoms with van der Waals surface area (Å²) in [6.07, 6.45) is 0. The van der Waals surface area contributed by atoms with Gasteiger partial charge < -0.3 is 20.1 Å². The number of ether oxygens (including phenoxy) is 2. The Labute approximate surface area is 158 Å². The Bertz CT molecular complexity index is 883. The third kappa shape index (κ3) is 5.07. The van der Waals surface area contributed by atoms with Gasteiger partial charge in [0.2, 0.25) is 10.0 Å². The number of sulfonamides is 1. The van der Waals surface area contributed by atoms with Crippen molar-refractivity contribution in [1.29, 1.82) is 0 Å². The van der Waals surface area contributed by atoms with Crippen molar-refractivity contribution in [2.24, 2.45) is 5.14 Å². The first-order valence-corrected chi connectivity index (χ1v) is 9.62. The second-order valence-corrected chi connectivity index (χ2v) is 7.47. The Morgan fingerprint density at radius 1 is 1.08 bits per heavy atom. The molecule has 0 aromatic heterocycles. The van der Waals surface area contributed by atoms with Gasteiger partial charge >= 0.3 is 0 Å². The fraction of sp³-hybridized carbons (Fsp3) is 0.235. The second-order valence-electron chi connectivity index (χ2n) is 5.50. The average Bonchev–Trinajstić information content (AvgIpc) is 2.60. The molecule has 7 nitrogen and oxygen atoms in total. The van der Waals surface area contributed by atoms with Crippen molar-refractivity contribution in [3.63, 3.8) is 0 Å². The Hall–Kier alpha value is -2.36. The fourth-order valence-electron chi connectivity index (χ4n) is 2.30. The van der Waals surface area contributed by atoms with E-state index in [0.29, 0.717) is 22.3 Å². The largest absolute Gasteiger partial charge is 0.493 e. The van der Waals surface area contributed by atoms with E-state index in [9.17, 15) is 8.42 Å². The SMILES string of the molecule is COc1ccc(C(C)NC(=S)Nc2ccc(S(N)(=O)=O)cc2)cc1OC. The molecule has 1 unspecified atom stereocenters. The van der Waals surface area contributed by atoms with Crippen LogP contribution < -0.4 is 25.2 Å². The lowest BCUT2D eigenvalue weighted by Crippen LogP contribution is -2.30. The third-order valence-electron chi connectivity index (χ3n) is 3.70. The summed E-state index contributed by atoms with van der Waals surface area (Å²) in [6, 6.07) is 11.6. The fourth-order valence-corrected chi connectivity index (χ4v) is 3.11. The van der Waals surface area contributed by atoms with Crippen LogP contribution in [-0.2, 0) is 10.0 Å². The lowest BCUT2D eigenvalue weighted by molar-refractivity contribution is 0.354. The molecule has 2 aromatic carbocycles. The predicted octanol–water partition coefficient (Wildman–Crippen LogP) is 2.40. The van der Waals surface area contributed by atoms with Crippen molar-refractivity contribution in [3.05, 3.63) is 48.0 Å². The number of benzene rings is 2. The van der Waals surface area contributed by atoms with E-state index in [2.05, 4.69) is 10.6 Å². The van der Waals surface area contributed by atoms with Gasteiger partial charge in [-0.25, -0.2) is 13.6 Å².